The van der Waals surface area contributed by atoms with E-state index in [2.05, 4.69) is 34.5 Å². The lowest BCUT2D eigenvalue weighted by Gasteiger charge is -2.24. The van der Waals surface area contributed by atoms with E-state index in [9.17, 15) is 4.79 Å². The number of nitrogens with zero attached hydrogens (tertiary/aromatic N) is 1. The van der Waals surface area contributed by atoms with E-state index in [0.717, 1.165) is 42.7 Å². The highest BCUT2D eigenvalue weighted by atomic mass is 16.2. The number of likely N-dealkylation sites (tertiary alicyclic amines) is 1. The Kier molecular flexibility index (Phi) is 4.77. The minimum Gasteiger partial charge on any atom is -0.324 e. The number of anilines is 1. The molecule has 0 spiro atoms. The van der Waals surface area contributed by atoms with Crippen LogP contribution in [0.3, 0.4) is 0 Å². The third kappa shape index (κ3) is 3.62. The Labute approximate surface area is 138 Å². The van der Waals surface area contributed by atoms with Crippen LogP contribution >= 0.6 is 0 Å². The number of amides is 1. The minimum absolute atomic E-state index is 0.0331. The first-order valence-corrected chi connectivity index (χ1v) is 8.30. The molecule has 3 heteroatoms. The van der Waals surface area contributed by atoms with Gasteiger partial charge in [-0.2, -0.15) is 0 Å². The van der Waals surface area contributed by atoms with Crippen molar-refractivity contribution in [3.05, 3.63) is 65.2 Å². The van der Waals surface area contributed by atoms with Crippen LogP contribution in [0.4, 0.5) is 5.69 Å². The first kappa shape index (κ1) is 15.8. The van der Waals surface area contributed by atoms with Gasteiger partial charge in [0.1, 0.15) is 0 Å². The molecule has 0 bridgehead atoms. The SMILES string of the molecule is Cc1cccc(C)c1NC(=O)[C@H]1CCCN1Cc1ccccc1. The largest absolute Gasteiger partial charge is 0.324 e. The van der Waals surface area contributed by atoms with Gasteiger partial charge in [-0.1, -0.05) is 48.5 Å². The highest BCUT2D eigenvalue weighted by Crippen LogP contribution is 2.24. The summed E-state index contributed by atoms with van der Waals surface area (Å²) in [4.78, 5) is 15.1. The Hall–Kier alpha value is -2.13. The Balaban J connectivity index is 1.71. The average molecular weight is 308 g/mol. The number of hydrogen-bond acceptors (Lipinski definition) is 2. The van der Waals surface area contributed by atoms with Crippen LogP contribution in [0.1, 0.15) is 29.5 Å². The van der Waals surface area contributed by atoms with E-state index in [-0.39, 0.29) is 11.9 Å². The van der Waals surface area contributed by atoms with Gasteiger partial charge < -0.3 is 5.32 Å². The molecule has 1 fully saturated rings. The molecular weight excluding hydrogens is 284 g/mol. The van der Waals surface area contributed by atoms with Crippen LogP contribution in [-0.2, 0) is 11.3 Å². The van der Waals surface area contributed by atoms with Gasteiger partial charge in [-0.3, -0.25) is 9.69 Å². The molecule has 2 aromatic rings. The summed E-state index contributed by atoms with van der Waals surface area (Å²) < 4.78 is 0. The zero-order valence-corrected chi connectivity index (χ0v) is 13.9. The standard InChI is InChI=1S/C20H24N2O/c1-15-8-6-9-16(2)19(15)21-20(23)18-12-7-13-22(18)14-17-10-4-3-5-11-17/h3-6,8-11,18H,7,12-14H2,1-2H3,(H,21,23)/t18-/m1/s1. The van der Waals surface area contributed by atoms with Crippen molar-refractivity contribution in [2.24, 2.45) is 0 Å². The van der Waals surface area contributed by atoms with Crippen LogP contribution in [-0.4, -0.2) is 23.4 Å². The summed E-state index contributed by atoms with van der Waals surface area (Å²) in [6.07, 6.45) is 2.02. The molecule has 1 aliphatic rings. The first-order valence-electron chi connectivity index (χ1n) is 8.30. The van der Waals surface area contributed by atoms with Gasteiger partial charge in [0.25, 0.3) is 0 Å². The van der Waals surface area contributed by atoms with Gasteiger partial charge in [0.05, 0.1) is 6.04 Å². The predicted octanol–water partition coefficient (Wildman–Crippen LogP) is 3.91. The maximum atomic E-state index is 12.8. The predicted molar refractivity (Wildman–Crippen MR) is 94.4 cm³/mol. The highest BCUT2D eigenvalue weighted by molar-refractivity contribution is 5.96. The lowest BCUT2D eigenvalue weighted by molar-refractivity contribution is -0.120. The fraction of sp³-hybridized carbons (Fsp3) is 0.350. The van der Waals surface area contributed by atoms with E-state index >= 15 is 0 Å². The van der Waals surface area contributed by atoms with Crippen LogP contribution in [0.15, 0.2) is 48.5 Å². The van der Waals surface area contributed by atoms with E-state index in [4.69, 9.17) is 0 Å². The average Bonchev–Trinajstić information content (AvgIpc) is 3.00. The lowest BCUT2D eigenvalue weighted by atomic mass is 10.1. The zero-order chi connectivity index (χ0) is 16.2. The molecule has 0 aliphatic carbocycles. The third-order valence-corrected chi connectivity index (χ3v) is 4.62. The fourth-order valence-electron chi connectivity index (χ4n) is 3.35. The maximum Gasteiger partial charge on any atom is 0.241 e. The number of carbonyl (C=O) groups is 1. The van der Waals surface area contributed by atoms with Crippen LogP contribution in [0.5, 0.6) is 0 Å². The molecule has 1 heterocycles. The van der Waals surface area contributed by atoms with Gasteiger partial charge in [0.2, 0.25) is 5.91 Å². The Morgan fingerprint density at radius 1 is 1.09 bits per heavy atom. The minimum atomic E-state index is -0.0331. The van der Waals surface area contributed by atoms with Crippen LogP contribution in [0.2, 0.25) is 0 Å². The van der Waals surface area contributed by atoms with Gasteiger partial charge in [0, 0.05) is 12.2 Å². The number of aryl methyl sites for hydroxylation is 2. The van der Waals surface area contributed by atoms with E-state index in [1.165, 1.54) is 5.56 Å². The smallest absolute Gasteiger partial charge is 0.241 e. The maximum absolute atomic E-state index is 12.8. The number of carbonyl (C=O) groups excluding carboxylic acids is 1. The molecule has 1 saturated heterocycles. The molecule has 2 aromatic carbocycles. The Bertz CT molecular complexity index is 661. The zero-order valence-electron chi connectivity index (χ0n) is 13.9. The van der Waals surface area contributed by atoms with Gasteiger partial charge in [-0.25, -0.2) is 0 Å². The first-order chi connectivity index (χ1) is 11.1. The third-order valence-electron chi connectivity index (χ3n) is 4.62. The summed E-state index contributed by atoms with van der Waals surface area (Å²) >= 11 is 0. The monoisotopic (exact) mass is 308 g/mol. The molecule has 1 N–H and O–H groups in total. The Morgan fingerprint density at radius 2 is 1.78 bits per heavy atom. The van der Waals surface area contributed by atoms with Crippen molar-refractivity contribution in [2.75, 3.05) is 11.9 Å². The number of hydrogen-bond donors (Lipinski definition) is 1. The molecule has 23 heavy (non-hydrogen) atoms. The summed E-state index contributed by atoms with van der Waals surface area (Å²) in [7, 11) is 0. The lowest BCUT2D eigenvalue weighted by Crippen LogP contribution is -2.39. The van der Waals surface area contributed by atoms with E-state index in [0.29, 0.717) is 0 Å². The van der Waals surface area contributed by atoms with Crippen molar-refractivity contribution in [1.82, 2.24) is 4.90 Å². The number of para-hydroxylation sites is 1. The van der Waals surface area contributed by atoms with E-state index in [1.807, 2.05) is 38.1 Å². The van der Waals surface area contributed by atoms with Crippen molar-refractivity contribution in [2.45, 2.75) is 39.3 Å². The highest BCUT2D eigenvalue weighted by Gasteiger charge is 2.30. The summed E-state index contributed by atoms with van der Waals surface area (Å²) in [5.41, 5.74) is 4.46. The van der Waals surface area contributed by atoms with Crippen molar-refractivity contribution in [3.8, 4) is 0 Å². The second kappa shape index (κ2) is 6.97. The number of nitrogens with one attached hydrogen (secondary N) is 1. The molecular formula is C20H24N2O. The second-order valence-electron chi connectivity index (χ2n) is 6.37. The van der Waals surface area contributed by atoms with Gasteiger partial charge in [0.15, 0.2) is 0 Å². The second-order valence-corrected chi connectivity index (χ2v) is 6.37. The quantitative estimate of drug-likeness (QED) is 0.929. The van der Waals surface area contributed by atoms with Gasteiger partial charge in [-0.05, 0) is 49.9 Å². The molecule has 0 radical (unpaired) electrons. The summed E-state index contributed by atoms with van der Waals surface area (Å²) in [6.45, 7) is 5.91. The molecule has 1 amide bonds. The topological polar surface area (TPSA) is 32.3 Å². The summed E-state index contributed by atoms with van der Waals surface area (Å²) in [6, 6.07) is 16.5. The van der Waals surface area contributed by atoms with E-state index < -0.39 is 0 Å². The molecule has 1 aliphatic heterocycles. The molecule has 0 saturated carbocycles. The molecule has 1 atom stereocenters. The summed E-state index contributed by atoms with van der Waals surface area (Å²) in [5.74, 6) is 0.121. The Morgan fingerprint density at radius 3 is 2.48 bits per heavy atom. The molecule has 3 rings (SSSR count). The molecule has 0 aromatic heterocycles. The number of benzene rings is 2. The summed E-state index contributed by atoms with van der Waals surface area (Å²) in [5, 5.41) is 3.16. The van der Waals surface area contributed by atoms with Crippen LogP contribution in [0, 0.1) is 13.8 Å². The van der Waals surface area contributed by atoms with Gasteiger partial charge in [-0.15, -0.1) is 0 Å². The fourth-order valence-corrected chi connectivity index (χ4v) is 3.35. The van der Waals surface area contributed by atoms with Crippen molar-refractivity contribution in [3.63, 3.8) is 0 Å². The normalized spacial score (nSPS) is 18.1. The van der Waals surface area contributed by atoms with Crippen molar-refractivity contribution < 1.29 is 4.79 Å². The van der Waals surface area contributed by atoms with Crippen molar-refractivity contribution in [1.29, 1.82) is 0 Å². The van der Waals surface area contributed by atoms with Gasteiger partial charge >= 0.3 is 0 Å². The van der Waals surface area contributed by atoms with Crippen LogP contribution < -0.4 is 5.32 Å². The molecule has 0 unspecified atom stereocenters. The molecule has 120 valence electrons. The number of rotatable bonds is 4. The van der Waals surface area contributed by atoms with E-state index in [1.54, 1.807) is 0 Å². The van der Waals surface area contributed by atoms with Crippen LogP contribution in [0.25, 0.3) is 0 Å². The molecule has 3 nitrogen and oxygen atoms in total. The van der Waals surface area contributed by atoms with Crippen molar-refractivity contribution >= 4 is 11.6 Å².